The van der Waals surface area contributed by atoms with Crippen LogP contribution in [0.3, 0.4) is 0 Å². The smallest absolute Gasteiger partial charge is 0.323 e. The summed E-state index contributed by atoms with van der Waals surface area (Å²) in [7, 11) is 3.36. The molecule has 94 valence electrons. The number of aliphatic carboxylic acids is 1. The zero-order chi connectivity index (χ0) is 13.2. The normalized spacial score (nSPS) is 14.2. The fourth-order valence-electron chi connectivity index (χ4n) is 1.41. The molecule has 0 radical (unpaired) electrons. The van der Waals surface area contributed by atoms with Crippen molar-refractivity contribution < 1.29 is 19.4 Å². The van der Waals surface area contributed by atoms with E-state index in [4.69, 9.17) is 10.8 Å². The van der Waals surface area contributed by atoms with Crippen LogP contribution in [0.1, 0.15) is 11.7 Å². The highest BCUT2D eigenvalue weighted by Crippen LogP contribution is 2.23. The molecule has 0 aliphatic rings. The zero-order valence-electron chi connectivity index (χ0n) is 9.59. The molecule has 0 aromatic heterocycles. The third-order valence-electron chi connectivity index (χ3n) is 2.42. The maximum atomic E-state index is 13.6. The van der Waals surface area contributed by atoms with E-state index < -0.39 is 23.9 Å². The Morgan fingerprint density at radius 1 is 1.47 bits per heavy atom. The summed E-state index contributed by atoms with van der Waals surface area (Å²) in [6.45, 7) is 0. The second-order valence-electron chi connectivity index (χ2n) is 3.91. The third-order valence-corrected chi connectivity index (χ3v) is 2.42. The first kappa shape index (κ1) is 13.4. The molecule has 0 amide bonds. The maximum absolute atomic E-state index is 13.6. The molecule has 0 aliphatic carbocycles. The van der Waals surface area contributed by atoms with E-state index in [9.17, 15) is 14.3 Å². The van der Waals surface area contributed by atoms with Gasteiger partial charge >= 0.3 is 5.97 Å². The van der Waals surface area contributed by atoms with Crippen LogP contribution in [0.4, 0.5) is 10.1 Å². The van der Waals surface area contributed by atoms with Crippen LogP contribution in [0.5, 0.6) is 0 Å². The van der Waals surface area contributed by atoms with Gasteiger partial charge in [0.05, 0.1) is 5.69 Å². The van der Waals surface area contributed by atoms with Crippen molar-refractivity contribution in [2.75, 3.05) is 19.0 Å². The molecule has 0 saturated carbocycles. The quantitative estimate of drug-likeness (QED) is 0.708. The summed E-state index contributed by atoms with van der Waals surface area (Å²) in [5, 5.41) is 18.3. The number of carboxylic acid groups (broad SMARTS) is 1. The molecule has 0 aliphatic heterocycles. The third kappa shape index (κ3) is 2.92. The van der Waals surface area contributed by atoms with Crippen LogP contribution in [0.25, 0.3) is 0 Å². The van der Waals surface area contributed by atoms with Gasteiger partial charge in [0.25, 0.3) is 0 Å². The Balaban J connectivity index is 3.01. The molecule has 2 unspecified atom stereocenters. The number of anilines is 1. The van der Waals surface area contributed by atoms with E-state index >= 15 is 0 Å². The van der Waals surface area contributed by atoms with Gasteiger partial charge in [0.2, 0.25) is 0 Å². The molecule has 17 heavy (non-hydrogen) atoms. The minimum atomic E-state index is -1.47. The predicted molar refractivity (Wildman–Crippen MR) is 61.3 cm³/mol. The van der Waals surface area contributed by atoms with Gasteiger partial charge in [-0.2, -0.15) is 0 Å². The van der Waals surface area contributed by atoms with Crippen molar-refractivity contribution in [3.05, 3.63) is 29.6 Å². The van der Waals surface area contributed by atoms with Gasteiger partial charge in [0.1, 0.15) is 18.0 Å². The van der Waals surface area contributed by atoms with Crippen LogP contribution in [-0.2, 0) is 4.79 Å². The fraction of sp³-hybridized carbons (Fsp3) is 0.364. The number of carboxylic acids is 1. The Morgan fingerprint density at radius 3 is 2.47 bits per heavy atom. The Bertz CT molecular complexity index is 423. The SMILES string of the molecule is CN(C)c1ccc(C(O)C(N)C(=O)O)cc1F. The molecule has 5 nitrogen and oxygen atoms in total. The second-order valence-corrected chi connectivity index (χ2v) is 3.91. The van der Waals surface area contributed by atoms with Gasteiger partial charge in [-0.05, 0) is 17.7 Å². The minimum Gasteiger partial charge on any atom is -0.480 e. The summed E-state index contributed by atoms with van der Waals surface area (Å²) in [5.41, 5.74) is 5.75. The van der Waals surface area contributed by atoms with Crippen molar-refractivity contribution in [3.8, 4) is 0 Å². The van der Waals surface area contributed by atoms with Crippen LogP contribution >= 0.6 is 0 Å². The Hall–Kier alpha value is -1.66. The number of hydrogen-bond donors (Lipinski definition) is 3. The van der Waals surface area contributed by atoms with E-state index in [1.165, 1.54) is 12.1 Å². The summed E-state index contributed by atoms with van der Waals surface area (Å²) in [5.74, 6) is -1.88. The first-order chi connectivity index (χ1) is 7.84. The number of hydrogen-bond acceptors (Lipinski definition) is 4. The van der Waals surface area contributed by atoms with Crippen LogP contribution in [0, 0.1) is 5.82 Å². The van der Waals surface area contributed by atoms with Gasteiger partial charge in [-0.15, -0.1) is 0 Å². The van der Waals surface area contributed by atoms with Crippen molar-refractivity contribution in [2.24, 2.45) is 5.73 Å². The largest absolute Gasteiger partial charge is 0.480 e. The van der Waals surface area contributed by atoms with Gasteiger partial charge in [-0.25, -0.2) is 4.39 Å². The lowest BCUT2D eigenvalue weighted by molar-refractivity contribution is -0.141. The average Bonchev–Trinajstić information content (AvgIpc) is 2.26. The van der Waals surface area contributed by atoms with E-state index in [1.54, 1.807) is 19.0 Å². The molecule has 4 N–H and O–H groups in total. The van der Waals surface area contributed by atoms with Crippen LogP contribution in [-0.4, -0.2) is 36.3 Å². The fourth-order valence-corrected chi connectivity index (χ4v) is 1.41. The summed E-state index contributed by atoms with van der Waals surface area (Å²) >= 11 is 0. The highest BCUT2D eigenvalue weighted by molar-refractivity contribution is 5.74. The monoisotopic (exact) mass is 242 g/mol. The summed E-state index contributed by atoms with van der Waals surface area (Å²) in [6.07, 6.45) is -1.43. The molecule has 2 atom stereocenters. The van der Waals surface area contributed by atoms with E-state index in [0.717, 1.165) is 6.07 Å². The van der Waals surface area contributed by atoms with Gasteiger partial charge in [0, 0.05) is 14.1 Å². The molecule has 0 spiro atoms. The zero-order valence-corrected chi connectivity index (χ0v) is 9.59. The number of carbonyl (C=O) groups is 1. The Kier molecular flexibility index (Phi) is 4.03. The molecular weight excluding hydrogens is 227 g/mol. The van der Waals surface area contributed by atoms with Gasteiger partial charge in [-0.1, -0.05) is 6.07 Å². The first-order valence-electron chi connectivity index (χ1n) is 4.97. The van der Waals surface area contributed by atoms with Gasteiger partial charge in [-0.3, -0.25) is 4.79 Å². The van der Waals surface area contributed by atoms with E-state index in [-0.39, 0.29) is 5.56 Å². The predicted octanol–water partition coefficient (Wildman–Crippen LogP) is 0.337. The maximum Gasteiger partial charge on any atom is 0.323 e. The van der Waals surface area contributed by atoms with Crippen LogP contribution in [0.2, 0.25) is 0 Å². The molecule has 0 fully saturated rings. The molecule has 1 rings (SSSR count). The van der Waals surface area contributed by atoms with Crippen molar-refractivity contribution in [3.63, 3.8) is 0 Å². The van der Waals surface area contributed by atoms with Crippen molar-refractivity contribution >= 4 is 11.7 Å². The average molecular weight is 242 g/mol. The number of aliphatic hydroxyl groups excluding tert-OH is 1. The van der Waals surface area contributed by atoms with E-state index in [1.807, 2.05) is 0 Å². The molecule has 1 aromatic rings. The van der Waals surface area contributed by atoms with Crippen molar-refractivity contribution in [2.45, 2.75) is 12.1 Å². The number of benzene rings is 1. The topological polar surface area (TPSA) is 86.8 Å². The van der Waals surface area contributed by atoms with Crippen LogP contribution < -0.4 is 10.6 Å². The van der Waals surface area contributed by atoms with Gasteiger partial charge in [0.15, 0.2) is 0 Å². The Morgan fingerprint density at radius 2 is 2.06 bits per heavy atom. The molecule has 6 heteroatoms. The van der Waals surface area contributed by atoms with Crippen LogP contribution in [0.15, 0.2) is 18.2 Å². The number of nitrogens with two attached hydrogens (primary N) is 1. The Labute approximate surface area is 98.3 Å². The number of halogens is 1. The summed E-state index contributed by atoms with van der Waals surface area (Å²) in [6, 6.07) is 2.52. The molecule has 1 aromatic carbocycles. The van der Waals surface area contributed by atoms with Crippen molar-refractivity contribution in [1.29, 1.82) is 0 Å². The molecular formula is C11H15FN2O3. The summed E-state index contributed by atoms with van der Waals surface area (Å²) in [4.78, 5) is 12.2. The molecule has 0 saturated heterocycles. The summed E-state index contributed by atoms with van der Waals surface area (Å²) < 4.78 is 13.6. The minimum absolute atomic E-state index is 0.142. The number of rotatable bonds is 4. The highest BCUT2D eigenvalue weighted by Gasteiger charge is 2.24. The highest BCUT2D eigenvalue weighted by atomic mass is 19.1. The number of nitrogens with zero attached hydrogens (tertiary/aromatic N) is 1. The van der Waals surface area contributed by atoms with Crippen molar-refractivity contribution in [1.82, 2.24) is 0 Å². The molecule has 0 heterocycles. The lowest BCUT2D eigenvalue weighted by atomic mass is 10.0. The number of aliphatic hydroxyl groups is 1. The lowest BCUT2D eigenvalue weighted by Gasteiger charge is -2.18. The standard InChI is InChI=1S/C11H15FN2O3/c1-14(2)8-4-3-6(5-7(8)12)10(15)9(13)11(16)17/h3-5,9-10,15H,13H2,1-2H3,(H,16,17). The molecule has 0 bridgehead atoms. The first-order valence-corrected chi connectivity index (χ1v) is 4.97. The van der Waals surface area contributed by atoms with E-state index in [0.29, 0.717) is 5.69 Å². The van der Waals surface area contributed by atoms with E-state index in [2.05, 4.69) is 0 Å². The van der Waals surface area contributed by atoms with Gasteiger partial charge < -0.3 is 20.8 Å². The second kappa shape index (κ2) is 5.11. The lowest BCUT2D eigenvalue weighted by Crippen LogP contribution is -2.36.